The van der Waals surface area contributed by atoms with Gasteiger partial charge in [-0.2, -0.15) is 0 Å². The van der Waals surface area contributed by atoms with Crippen molar-refractivity contribution in [3.63, 3.8) is 0 Å². The van der Waals surface area contributed by atoms with Crippen molar-refractivity contribution in [2.45, 2.75) is 13.0 Å². The second-order valence-corrected chi connectivity index (χ2v) is 5.40. The van der Waals surface area contributed by atoms with E-state index in [2.05, 4.69) is 20.7 Å². The first-order chi connectivity index (χ1) is 9.35. The molecule has 1 unspecified atom stereocenters. The third kappa shape index (κ3) is 4.68. The van der Waals surface area contributed by atoms with Crippen molar-refractivity contribution in [3.8, 4) is 5.75 Å². The number of carbonyl (C=O) groups is 2. The molecule has 0 aromatic heterocycles. The molecule has 0 saturated heterocycles. The monoisotopic (exact) mass is 363 g/mol. The van der Waals surface area contributed by atoms with Crippen LogP contribution in [-0.4, -0.2) is 43.6 Å². The van der Waals surface area contributed by atoms with Gasteiger partial charge in [-0.3, -0.25) is 9.59 Å². The average molecular weight is 365 g/mol. The molecule has 0 aliphatic rings. The third-order valence-corrected chi connectivity index (χ3v) is 3.37. The van der Waals surface area contributed by atoms with Crippen molar-refractivity contribution in [2.75, 3.05) is 20.7 Å². The first kappa shape index (κ1) is 16.8. The molecule has 0 aliphatic carbocycles. The zero-order chi connectivity index (χ0) is 15.3. The van der Waals surface area contributed by atoms with Crippen LogP contribution in [0, 0.1) is 0 Å². The molecule has 0 spiro atoms. The summed E-state index contributed by atoms with van der Waals surface area (Å²) in [4.78, 5) is 24.4. The second kappa shape index (κ2) is 7.50. The van der Waals surface area contributed by atoms with Crippen molar-refractivity contribution in [2.24, 2.45) is 0 Å². The fourth-order valence-electron chi connectivity index (χ4n) is 1.46. The van der Waals surface area contributed by atoms with Gasteiger partial charge in [0.25, 0.3) is 5.91 Å². The van der Waals surface area contributed by atoms with Gasteiger partial charge < -0.3 is 14.4 Å². The van der Waals surface area contributed by atoms with Crippen LogP contribution in [0.1, 0.15) is 6.92 Å². The van der Waals surface area contributed by atoms with Crippen LogP contribution in [0.2, 0.25) is 5.02 Å². The maximum absolute atomic E-state index is 12.0. The molecule has 0 radical (unpaired) electrons. The zero-order valence-corrected chi connectivity index (χ0v) is 13.7. The Hall–Kier alpha value is -1.27. The van der Waals surface area contributed by atoms with E-state index in [1.807, 2.05) is 0 Å². The van der Waals surface area contributed by atoms with E-state index in [9.17, 15) is 9.59 Å². The molecule has 20 heavy (non-hydrogen) atoms. The SMILES string of the molecule is COC(=O)CN(C)C(=O)C(C)Oc1ccc(Cl)cc1Br. The van der Waals surface area contributed by atoms with Crippen LogP contribution >= 0.6 is 27.5 Å². The molecule has 1 atom stereocenters. The lowest BCUT2D eigenvalue weighted by Crippen LogP contribution is -2.40. The molecule has 1 amide bonds. The number of ether oxygens (including phenoxy) is 2. The molecule has 1 rings (SSSR count). The van der Waals surface area contributed by atoms with E-state index in [0.717, 1.165) is 0 Å². The van der Waals surface area contributed by atoms with Crippen LogP contribution in [0.3, 0.4) is 0 Å². The Morgan fingerprint density at radius 3 is 2.65 bits per heavy atom. The van der Waals surface area contributed by atoms with E-state index in [1.165, 1.54) is 19.1 Å². The van der Waals surface area contributed by atoms with Gasteiger partial charge in [-0.05, 0) is 41.1 Å². The highest BCUT2D eigenvalue weighted by Gasteiger charge is 2.22. The molecule has 7 heteroatoms. The molecule has 5 nitrogen and oxygen atoms in total. The molecule has 0 N–H and O–H groups in total. The molecular weight excluding hydrogens is 350 g/mol. The number of halogens is 2. The predicted molar refractivity (Wildman–Crippen MR) is 78.9 cm³/mol. The summed E-state index contributed by atoms with van der Waals surface area (Å²) in [6.07, 6.45) is -0.734. The highest BCUT2D eigenvalue weighted by Crippen LogP contribution is 2.28. The van der Waals surface area contributed by atoms with Gasteiger partial charge in [0.1, 0.15) is 12.3 Å². The summed E-state index contributed by atoms with van der Waals surface area (Å²) >= 11 is 9.13. The largest absolute Gasteiger partial charge is 0.480 e. The Labute approximate surface area is 130 Å². The standard InChI is InChI=1S/C13H15BrClNO4/c1-8(13(18)16(2)7-12(17)19-3)20-11-5-4-9(15)6-10(11)14/h4-6,8H,7H2,1-3H3. The summed E-state index contributed by atoms with van der Waals surface area (Å²) in [5, 5.41) is 0.561. The van der Waals surface area contributed by atoms with Crippen LogP contribution in [-0.2, 0) is 14.3 Å². The highest BCUT2D eigenvalue weighted by atomic mass is 79.9. The van der Waals surface area contributed by atoms with Gasteiger partial charge in [0.2, 0.25) is 0 Å². The normalized spacial score (nSPS) is 11.7. The van der Waals surface area contributed by atoms with Crippen LogP contribution in [0.4, 0.5) is 0 Å². The topological polar surface area (TPSA) is 55.8 Å². The second-order valence-electron chi connectivity index (χ2n) is 4.11. The summed E-state index contributed by atoms with van der Waals surface area (Å²) in [5.74, 6) is -0.306. The lowest BCUT2D eigenvalue weighted by molar-refractivity contribution is -0.148. The number of carbonyl (C=O) groups excluding carboxylic acids is 2. The van der Waals surface area contributed by atoms with E-state index in [1.54, 1.807) is 25.1 Å². The number of rotatable bonds is 5. The molecule has 1 aromatic carbocycles. The van der Waals surface area contributed by atoms with Crippen LogP contribution in [0.25, 0.3) is 0 Å². The number of hydrogen-bond acceptors (Lipinski definition) is 4. The van der Waals surface area contributed by atoms with E-state index in [0.29, 0.717) is 15.2 Å². The fraction of sp³-hybridized carbons (Fsp3) is 0.385. The van der Waals surface area contributed by atoms with E-state index in [4.69, 9.17) is 16.3 Å². The average Bonchev–Trinajstić information content (AvgIpc) is 2.40. The number of likely N-dealkylation sites (N-methyl/N-ethyl adjacent to an activating group) is 1. The van der Waals surface area contributed by atoms with Gasteiger partial charge in [0, 0.05) is 12.1 Å². The lowest BCUT2D eigenvalue weighted by atomic mass is 10.3. The van der Waals surface area contributed by atoms with Gasteiger partial charge in [0.15, 0.2) is 6.10 Å². The van der Waals surface area contributed by atoms with E-state index < -0.39 is 12.1 Å². The Kier molecular flexibility index (Phi) is 6.29. The van der Waals surface area contributed by atoms with Crippen LogP contribution in [0.15, 0.2) is 22.7 Å². The molecule has 0 saturated carbocycles. The number of esters is 1. The predicted octanol–water partition coefficient (Wildman–Crippen LogP) is 2.50. The van der Waals surface area contributed by atoms with Gasteiger partial charge in [-0.25, -0.2) is 0 Å². The molecule has 0 heterocycles. The van der Waals surface area contributed by atoms with Crippen LogP contribution in [0.5, 0.6) is 5.75 Å². The Bertz CT molecular complexity index is 509. The number of hydrogen-bond donors (Lipinski definition) is 0. The highest BCUT2D eigenvalue weighted by molar-refractivity contribution is 9.10. The Balaban J connectivity index is 2.67. The minimum Gasteiger partial charge on any atom is -0.480 e. The maximum Gasteiger partial charge on any atom is 0.325 e. The van der Waals surface area contributed by atoms with Gasteiger partial charge in [-0.1, -0.05) is 11.6 Å². The first-order valence-electron chi connectivity index (χ1n) is 5.78. The number of amides is 1. The molecule has 1 aromatic rings. The van der Waals surface area contributed by atoms with Gasteiger partial charge in [0.05, 0.1) is 11.6 Å². The van der Waals surface area contributed by atoms with Crippen molar-refractivity contribution in [1.29, 1.82) is 0 Å². The quantitative estimate of drug-likeness (QED) is 0.753. The van der Waals surface area contributed by atoms with Gasteiger partial charge in [-0.15, -0.1) is 0 Å². The van der Waals surface area contributed by atoms with E-state index in [-0.39, 0.29) is 12.5 Å². The third-order valence-electron chi connectivity index (χ3n) is 2.52. The number of benzene rings is 1. The van der Waals surface area contributed by atoms with Crippen molar-refractivity contribution in [3.05, 3.63) is 27.7 Å². The van der Waals surface area contributed by atoms with E-state index >= 15 is 0 Å². The van der Waals surface area contributed by atoms with Crippen molar-refractivity contribution < 1.29 is 19.1 Å². The minimum atomic E-state index is -0.734. The smallest absolute Gasteiger partial charge is 0.325 e. The van der Waals surface area contributed by atoms with Gasteiger partial charge >= 0.3 is 5.97 Å². The molecule has 0 bridgehead atoms. The fourth-order valence-corrected chi connectivity index (χ4v) is 2.23. The Morgan fingerprint density at radius 2 is 2.10 bits per heavy atom. The summed E-state index contributed by atoms with van der Waals surface area (Å²) in [6, 6.07) is 5.00. The van der Waals surface area contributed by atoms with Crippen LogP contribution < -0.4 is 4.74 Å². The summed E-state index contributed by atoms with van der Waals surface area (Å²) in [7, 11) is 2.78. The first-order valence-corrected chi connectivity index (χ1v) is 6.95. The molecule has 0 aliphatic heterocycles. The van der Waals surface area contributed by atoms with Crippen molar-refractivity contribution >= 4 is 39.4 Å². The minimum absolute atomic E-state index is 0.120. The van der Waals surface area contributed by atoms with Crippen molar-refractivity contribution in [1.82, 2.24) is 4.90 Å². The summed E-state index contributed by atoms with van der Waals surface area (Å²) in [5.41, 5.74) is 0. The molecule has 0 fully saturated rings. The Morgan fingerprint density at radius 1 is 1.45 bits per heavy atom. The number of nitrogens with zero attached hydrogens (tertiary/aromatic N) is 1. The summed E-state index contributed by atoms with van der Waals surface area (Å²) < 4.78 is 10.7. The molecule has 110 valence electrons. The zero-order valence-electron chi connectivity index (χ0n) is 11.4. The summed E-state index contributed by atoms with van der Waals surface area (Å²) in [6.45, 7) is 1.49. The number of methoxy groups -OCH3 is 1. The maximum atomic E-state index is 12.0. The lowest BCUT2D eigenvalue weighted by Gasteiger charge is -2.21. The molecular formula is C13H15BrClNO4.